The lowest BCUT2D eigenvalue weighted by molar-refractivity contribution is 0.404. The first-order chi connectivity index (χ1) is 8.65. The maximum absolute atomic E-state index is 8.58. The van der Waals surface area contributed by atoms with Gasteiger partial charge in [-0.3, -0.25) is 5.32 Å². The summed E-state index contributed by atoms with van der Waals surface area (Å²) >= 11 is 7.30. The Kier molecular flexibility index (Phi) is 5.62. The summed E-state index contributed by atoms with van der Waals surface area (Å²) in [6.45, 7) is 0. The summed E-state index contributed by atoms with van der Waals surface area (Å²) in [5.74, 6) is 1.00. The minimum atomic E-state index is 0.437. The Morgan fingerprint density at radius 3 is 2.56 bits per heavy atom. The van der Waals surface area contributed by atoms with Crippen LogP contribution in [0.3, 0.4) is 0 Å². The predicted octanol–water partition coefficient (Wildman–Crippen LogP) is 2.78. The molecule has 0 aromatic heterocycles. The van der Waals surface area contributed by atoms with Crippen molar-refractivity contribution in [2.45, 2.75) is 0 Å². The first kappa shape index (κ1) is 14.5. The van der Waals surface area contributed by atoms with Gasteiger partial charge in [-0.1, -0.05) is 23.4 Å². The number of amidine groups is 1. The van der Waals surface area contributed by atoms with E-state index in [1.54, 1.807) is 12.1 Å². The zero-order chi connectivity index (χ0) is 13.5. The molecule has 0 saturated carbocycles. The Hall–Kier alpha value is -1.58. The van der Waals surface area contributed by atoms with Gasteiger partial charge in [-0.2, -0.15) is 5.26 Å². The highest BCUT2D eigenvalue weighted by atomic mass is 35.5. The van der Waals surface area contributed by atoms with E-state index in [0.717, 1.165) is 0 Å². The van der Waals surface area contributed by atoms with Crippen LogP contribution in [0.1, 0.15) is 0 Å². The van der Waals surface area contributed by atoms with Gasteiger partial charge in [-0.05, 0) is 6.26 Å². The van der Waals surface area contributed by atoms with Gasteiger partial charge in [0.25, 0.3) is 0 Å². The van der Waals surface area contributed by atoms with Crippen molar-refractivity contribution in [1.82, 2.24) is 5.32 Å². The number of methoxy groups -OCH3 is 2. The van der Waals surface area contributed by atoms with Crippen LogP contribution in [-0.4, -0.2) is 25.6 Å². The number of rotatable bonds is 3. The summed E-state index contributed by atoms with van der Waals surface area (Å²) in [5.41, 5.74) is 0.533. The van der Waals surface area contributed by atoms with Crippen molar-refractivity contribution in [3.63, 3.8) is 0 Å². The maximum Gasteiger partial charge on any atom is 0.183 e. The Morgan fingerprint density at radius 2 is 2.06 bits per heavy atom. The Balaban J connectivity index is 3.25. The molecule has 1 N–H and O–H groups in total. The minimum absolute atomic E-state index is 0.437. The maximum atomic E-state index is 8.58. The van der Waals surface area contributed by atoms with Crippen LogP contribution in [0.25, 0.3) is 0 Å². The van der Waals surface area contributed by atoms with Crippen LogP contribution in [0, 0.1) is 11.5 Å². The highest BCUT2D eigenvalue weighted by molar-refractivity contribution is 8.13. The summed E-state index contributed by atoms with van der Waals surface area (Å²) in [6.07, 6.45) is 3.63. The molecule has 0 aliphatic rings. The predicted molar refractivity (Wildman–Crippen MR) is 73.9 cm³/mol. The van der Waals surface area contributed by atoms with Gasteiger partial charge in [0, 0.05) is 12.1 Å². The first-order valence-electron chi connectivity index (χ1n) is 4.85. The summed E-state index contributed by atoms with van der Waals surface area (Å²) in [5, 5.41) is 12.0. The molecule has 0 atom stereocenters. The van der Waals surface area contributed by atoms with Crippen molar-refractivity contribution in [2.75, 3.05) is 20.5 Å². The number of nitriles is 1. The van der Waals surface area contributed by atoms with Gasteiger partial charge in [-0.15, -0.1) is 0 Å². The molecule has 0 saturated heterocycles. The third kappa shape index (κ3) is 3.45. The van der Waals surface area contributed by atoms with Crippen LogP contribution >= 0.6 is 23.4 Å². The second-order valence-corrected chi connectivity index (χ2v) is 4.22. The van der Waals surface area contributed by atoms with E-state index in [1.807, 2.05) is 12.4 Å². The van der Waals surface area contributed by atoms with Gasteiger partial charge in [0.1, 0.15) is 17.2 Å². The number of nitrogens with zero attached hydrogens (tertiary/aromatic N) is 2. The molecule has 5 nitrogen and oxygen atoms in total. The molecule has 0 heterocycles. The van der Waals surface area contributed by atoms with Crippen LogP contribution < -0.4 is 14.8 Å². The van der Waals surface area contributed by atoms with Crippen LogP contribution in [0.4, 0.5) is 5.69 Å². The summed E-state index contributed by atoms with van der Waals surface area (Å²) in [4.78, 5) is 4.27. The Labute approximate surface area is 115 Å². The number of aliphatic imine (C=N–C) groups is 1. The Bertz CT molecular complexity index is 500. The lowest BCUT2D eigenvalue weighted by atomic mass is 10.3. The normalized spacial score (nSPS) is 10.7. The molecule has 0 aliphatic carbocycles. The number of nitrogens with one attached hydrogen (secondary N) is 1. The SMILES string of the molecule is COc1cc(N=C(NC#N)SC)c(OC)cc1Cl. The van der Waals surface area contributed by atoms with Gasteiger partial charge in [0.15, 0.2) is 11.4 Å². The standard InChI is InChI=1S/C11H12ClN3O2S/c1-16-9-5-8(10(17-2)4-7(9)12)15-11(18-3)14-6-13/h4-5H,1-3H3,(H,14,15). The minimum Gasteiger partial charge on any atom is -0.495 e. The van der Waals surface area contributed by atoms with Crippen molar-refractivity contribution in [3.8, 4) is 17.7 Å². The lowest BCUT2D eigenvalue weighted by Gasteiger charge is -2.09. The molecule has 7 heteroatoms. The molecule has 1 aromatic carbocycles. The van der Waals surface area contributed by atoms with Gasteiger partial charge >= 0.3 is 0 Å². The van der Waals surface area contributed by atoms with Crippen LogP contribution in [-0.2, 0) is 0 Å². The number of hydrogen-bond donors (Lipinski definition) is 1. The molecule has 0 radical (unpaired) electrons. The molecular formula is C11H12ClN3O2S. The number of hydrogen-bond acceptors (Lipinski definition) is 5. The molecule has 18 heavy (non-hydrogen) atoms. The fourth-order valence-electron chi connectivity index (χ4n) is 1.21. The highest BCUT2D eigenvalue weighted by Gasteiger charge is 2.10. The Morgan fingerprint density at radius 1 is 1.39 bits per heavy atom. The molecule has 0 amide bonds. The highest BCUT2D eigenvalue weighted by Crippen LogP contribution is 2.37. The van der Waals surface area contributed by atoms with Crippen molar-refractivity contribution >= 4 is 34.2 Å². The molecule has 1 rings (SSSR count). The molecule has 0 spiro atoms. The summed E-state index contributed by atoms with van der Waals surface area (Å²) < 4.78 is 10.3. The smallest absolute Gasteiger partial charge is 0.183 e. The molecule has 0 bridgehead atoms. The topological polar surface area (TPSA) is 66.6 Å². The first-order valence-corrected chi connectivity index (χ1v) is 6.45. The third-order valence-corrected chi connectivity index (χ3v) is 2.91. The van der Waals surface area contributed by atoms with Crippen molar-refractivity contribution in [3.05, 3.63) is 17.2 Å². The van der Waals surface area contributed by atoms with Crippen molar-refractivity contribution < 1.29 is 9.47 Å². The van der Waals surface area contributed by atoms with Gasteiger partial charge in [0.05, 0.1) is 19.2 Å². The summed E-state index contributed by atoms with van der Waals surface area (Å²) in [7, 11) is 3.04. The molecule has 96 valence electrons. The van der Waals surface area contributed by atoms with E-state index in [1.165, 1.54) is 26.0 Å². The fourth-order valence-corrected chi connectivity index (χ4v) is 1.78. The van der Waals surface area contributed by atoms with E-state index in [0.29, 0.717) is 27.4 Å². The second-order valence-electron chi connectivity index (χ2n) is 3.02. The van der Waals surface area contributed by atoms with Crippen LogP contribution in [0.15, 0.2) is 17.1 Å². The number of benzene rings is 1. The number of thioether (sulfide) groups is 1. The van der Waals surface area contributed by atoms with Crippen molar-refractivity contribution in [1.29, 1.82) is 5.26 Å². The van der Waals surface area contributed by atoms with E-state index >= 15 is 0 Å². The van der Waals surface area contributed by atoms with Crippen LogP contribution in [0.5, 0.6) is 11.5 Å². The van der Waals surface area contributed by atoms with Gasteiger partial charge in [-0.25, -0.2) is 4.99 Å². The van der Waals surface area contributed by atoms with Gasteiger partial charge in [0.2, 0.25) is 0 Å². The van der Waals surface area contributed by atoms with Crippen LogP contribution in [0.2, 0.25) is 5.02 Å². The fraction of sp³-hybridized carbons (Fsp3) is 0.273. The quantitative estimate of drug-likeness (QED) is 0.400. The number of halogens is 1. The van der Waals surface area contributed by atoms with E-state index in [-0.39, 0.29) is 0 Å². The average molecular weight is 286 g/mol. The van der Waals surface area contributed by atoms with E-state index in [9.17, 15) is 0 Å². The largest absolute Gasteiger partial charge is 0.495 e. The van der Waals surface area contributed by atoms with Gasteiger partial charge < -0.3 is 9.47 Å². The molecule has 0 fully saturated rings. The summed E-state index contributed by atoms with van der Waals surface area (Å²) in [6, 6.07) is 3.26. The third-order valence-electron chi connectivity index (χ3n) is 2.03. The average Bonchev–Trinajstić information content (AvgIpc) is 2.39. The van der Waals surface area contributed by atoms with E-state index in [2.05, 4.69) is 10.3 Å². The second kappa shape index (κ2) is 6.99. The van der Waals surface area contributed by atoms with E-state index < -0.39 is 0 Å². The lowest BCUT2D eigenvalue weighted by Crippen LogP contribution is -2.12. The molecule has 0 aliphatic heterocycles. The monoisotopic (exact) mass is 285 g/mol. The molecular weight excluding hydrogens is 274 g/mol. The zero-order valence-corrected chi connectivity index (χ0v) is 11.7. The zero-order valence-electron chi connectivity index (χ0n) is 10.2. The van der Waals surface area contributed by atoms with Crippen molar-refractivity contribution in [2.24, 2.45) is 4.99 Å². The number of ether oxygens (including phenoxy) is 2. The van der Waals surface area contributed by atoms with E-state index in [4.69, 9.17) is 26.3 Å². The molecule has 0 unspecified atom stereocenters. The molecule has 1 aromatic rings.